The van der Waals surface area contributed by atoms with Gasteiger partial charge < -0.3 is 5.73 Å². The van der Waals surface area contributed by atoms with Crippen LogP contribution in [0.2, 0.25) is 5.02 Å². The number of aromatic nitrogens is 2. The van der Waals surface area contributed by atoms with Crippen molar-refractivity contribution in [3.05, 3.63) is 52.8 Å². The Labute approximate surface area is 131 Å². The lowest BCUT2D eigenvalue weighted by atomic mass is 10.0. The molecule has 5 heteroatoms. The van der Waals surface area contributed by atoms with Crippen LogP contribution in [0.25, 0.3) is 0 Å². The van der Waals surface area contributed by atoms with Crippen LogP contribution < -0.4 is 5.73 Å². The molecule has 2 atom stereocenters. The first-order valence-corrected chi connectivity index (χ1v) is 7.64. The molecule has 0 aliphatic heterocycles. The highest BCUT2D eigenvalue weighted by molar-refractivity contribution is 6.30. The maximum Gasteiger partial charge on any atom is 0.0538 e. The second kappa shape index (κ2) is 7.07. The van der Waals surface area contributed by atoms with E-state index in [-0.39, 0.29) is 12.1 Å². The highest BCUT2D eigenvalue weighted by Crippen LogP contribution is 2.29. The molecule has 21 heavy (non-hydrogen) atoms. The van der Waals surface area contributed by atoms with Crippen LogP contribution in [0.3, 0.4) is 0 Å². The summed E-state index contributed by atoms with van der Waals surface area (Å²) in [5.41, 5.74) is 8.33. The Bertz CT molecular complexity index is 581. The number of rotatable bonds is 6. The smallest absolute Gasteiger partial charge is 0.0538 e. The Kier molecular flexibility index (Phi) is 5.39. The van der Waals surface area contributed by atoms with E-state index in [2.05, 4.69) is 43.2 Å². The molecule has 1 aromatic heterocycles. The third kappa shape index (κ3) is 3.64. The maximum absolute atomic E-state index is 6.09. The number of halogens is 1. The topological polar surface area (TPSA) is 47.1 Å². The molecule has 114 valence electrons. The van der Waals surface area contributed by atoms with E-state index in [0.29, 0.717) is 6.54 Å². The van der Waals surface area contributed by atoms with Gasteiger partial charge in [0.15, 0.2) is 0 Å². The van der Waals surface area contributed by atoms with Crippen molar-refractivity contribution in [3.63, 3.8) is 0 Å². The van der Waals surface area contributed by atoms with Gasteiger partial charge in [0.05, 0.1) is 12.2 Å². The van der Waals surface area contributed by atoms with Gasteiger partial charge in [0.1, 0.15) is 0 Å². The second-order valence-corrected chi connectivity index (χ2v) is 5.71. The molecule has 2 rings (SSSR count). The van der Waals surface area contributed by atoms with Crippen molar-refractivity contribution in [3.8, 4) is 0 Å². The molecule has 0 aliphatic carbocycles. The summed E-state index contributed by atoms with van der Waals surface area (Å²) in [6, 6.07) is 8.33. The lowest BCUT2D eigenvalue weighted by Gasteiger charge is -2.32. The average Bonchev–Trinajstić information content (AvgIpc) is 2.96. The van der Waals surface area contributed by atoms with E-state index in [9.17, 15) is 0 Å². The number of aryl methyl sites for hydroxylation is 1. The van der Waals surface area contributed by atoms with E-state index >= 15 is 0 Å². The van der Waals surface area contributed by atoms with Gasteiger partial charge in [0.2, 0.25) is 0 Å². The Balaban J connectivity index is 2.21. The summed E-state index contributed by atoms with van der Waals surface area (Å²) < 4.78 is 1.93. The second-order valence-electron chi connectivity index (χ2n) is 5.28. The van der Waals surface area contributed by atoms with Gasteiger partial charge in [-0.25, -0.2) is 0 Å². The third-order valence-corrected chi connectivity index (χ3v) is 4.25. The fourth-order valence-corrected chi connectivity index (χ4v) is 2.73. The fourth-order valence-electron chi connectivity index (χ4n) is 2.53. The summed E-state index contributed by atoms with van der Waals surface area (Å²) in [4.78, 5) is 2.27. The molecule has 1 heterocycles. The van der Waals surface area contributed by atoms with Gasteiger partial charge in [0, 0.05) is 35.9 Å². The summed E-state index contributed by atoms with van der Waals surface area (Å²) in [7, 11) is 2.09. The highest BCUT2D eigenvalue weighted by Gasteiger charge is 2.22. The van der Waals surface area contributed by atoms with Crippen LogP contribution >= 0.6 is 11.6 Å². The molecule has 0 aliphatic rings. The van der Waals surface area contributed by atoms with Crippen LogP contribution in [-0.4, -0.2) is 28.3 Å². The van der Waals surface area contributed by atoms with Crippen LogP contribution in [0, 0.1) is 0 Å². The summed E-state index contributed by atoms with van der Waals surface area (Å²) in [5.74, 6) is 0. The lowest BCUT2D eigenvalue weighted by molar-refractivity contribution is 0.190. The van der Waals surface area contributed by atoms with Crippen molar-refractivity contribution in [1.82, 2.24) is 14.7 Å². The van der Waals surface area contributed by atoms with Crippen molar-refractivity contribution < 1.29 is 0 Å². The zero-order valence-corrected chi connectivity index (χ0v) is 13.6. The lowest BCUT2D eigenvalue weighted by Crippen LogP contribution is -2.32. The minimum Gasteiger partial charge on any atom is -0.329 e. The van der Waals surface area contributed by atoms with E-state index in [0.717, 1.165) is 17.1 Å². The van der Waals surface area contributed by atoms with E-state index in [1.807, 2.05) is 29.1 Å². The molecule has 0 saturated carbocycles. The zero-order valence-electron chi connectivity index (χ0n) is 12.8. The minimum absolute atomic E-state index is 0.138. The van der Waals surface area contributed by atoms with Crippen LogP contribution in [-0.2, 0) is 6.54 Å². The summed E-state index contributed by atoms with van der Waals surface area (Å²) >= 11 is 6.09. The minimum atomic E-state index is 0.138. The van der Waals surface area contributed by atoms with Crippen LogP contribution in [0.15, 0.2) is 36.7 Å². The van der Waals surface area contributed by atoms with Crippen molar-refractivity contribution in [1.29, 1.82) is 0 Å². The van der Waals surface area contributed by atoms with E-state index in [4.69, 9.17) is 17.3 Å². The summed E-state index contributed by atoms with van der Waals surface area (Å²) in [6.07, 6.45) is 3.97. The molecule has 0 spiro atoms. The summed E-state index contributed by atoms with van der Waals surface area (Å²) in [5, 5.41) is 5.11. The molecular formula is C16H23ClN4. The van der Waals surface area contributed by atoms with Crippen molar-refractivity contribution in [2.45, 2.75) is 32.5 Å². The number of likely N-dealkylation sites (N-methyl/N-ethyl adjacent to an activating group) is 1. The van der Waals surface area contributed by atoms with E-state index < -0.39 is 0 Å². The Hall–Kier alpha value is -1.36. The van der Waals surface area contributed by atoms with Gasteiger partial charge in [-0.2, -0.15) is 5.10 Å². The van der Waals surface area contributed by atoms with Crippen LogP contribution in [0.4, 0.5) is 0 Å². The number of nitrogens with two attached hydrogens (primary N) is 1. The van der Waals surface area contributed by atoms with Crippen molar-refractivity contribution in [2.75, 3.05) is 13.6 Å². The Morgan fingerprint density at radius 1 is 1.38 bits per heavy atom. The monoisotopic (exact) mass is 306 g/mol. The van der Waals surface area contributed by atoms with E-state index in [1.165, 1.54) is 5.56 Å². The number of nitrogens with zero attached hydrogens (tertiary/aromatic N) is 3. The quantitative estimate of drug-likeness (QED) is 0.891. The first-order valence-electron chi connectivity index (χ1n) is 7.26. The normalized spacial score (nSPS) is 14.4. The molecule has 0 amide bonds. The Morgan fingerprint density at radius 2 is 2.14 bits per heavy atom. The third-order valence-electron chi connectivity index (χ3n) is 4.02. The fraction of sp³-hybridized carbons (Fsp3) is 0.438. The van der Waals surface area contributed by atoms with Gasteiger partial charge >= 0.3 is 0 Å². The van der Waals surface area contributed by atoms with Crippen LogP contribution in [0.1, 0.15) is 37.1 Å². The molecule has 0 fully saturated rings. The Morgan fingerprint density at radius 3 is 2.71 bits per heavy atom. The predicted octanol–water partition coefficient (Wildman–Crippen LogP) is 3.25. The molecule has 2 unspecified atom stereocenters. The van der Waals surface area contributed by atoms with Crippen molar-refractivity contribution >= 4 is 11.6 Å². The van der Waals surface area contributed by atoms with Gasteiger partial charge in [-0.05, 0) is 38.6 Å². The molecule has 0 radical (unpaired) electrons. The zero-order chi connectivity index (χ0) is 15.4. The van der Waals surface area contributed by atoms with Gasteiger partial charge in [-0.15, -0.1) is 0 Å². The molecule has 1 aromatic carbocycles. The molecule has 0 bridgehead atoms. The average molecular weight is 307 g/mol. The molecule has 2 N–H and O–H groups in total. The summed E-state index contributed by atoms with van der Waals surface area (Å²) in [6.45, 7) is 5.66. The first-order chi connectivity index (χ1) is 10.1. The molecule has 4 nitrogen and oxygen atoms in total. The number of hydrogen-bond donors (Lipinski definition) is 1. The van der Waals surface area contributed by atoms with Crippen molar-refractivity contribution in [2.24, 2.45) is 5.73 Å². The molecular weight excluding hydrogens is 284 g/mol. The molecule has 0 saturated heterocycles. The van der Waals surface area contributed by atoms with Crippen LogP contribution in [0.5, 0.6) is 0 Å². The van der Waals surface area contributed by atoms with Gasteiger partial charge in [-0.1, -0.05) is 23.7 Å². The van der Waals surface area contributed by atoms with Gasteiger partial charge in [0.25, 0.3) is 0 Å². The van der Waals surface area contributed by atoms with Gasteiger partial charge in [-0.3, -0.25) is 9.58 Å². The predicted molar refractivity (Wildman–Crippen MR) is 87.3 cm³/mol. The molecule has 2 aromatic rings. The SMILES string of the molecule is CCn1cc(C(CN)N(C)C(C)c2cccc(Cl)c2)cn1. The van der Waals surface area contributed by atoms with E-state index in [1.54, 1.807) is 0 Å². The first kappa shape index (κ1) is 16.0. The highest BCUT2D eigenvalue weighted by atomic mass is 35.5. The maximum atomic E-state index is 6.09. The number of hydrogen-bond acceptors (Lipinski definition) is 3. The standard InChI is InChI=1S/C16H23ClN4/c1-4-21-11-14(10-19-21)16(9-18)20(3)12(2)13-6-5-7-15(17)8-13/h5-8,10-12,16H,4,9,18H2,1-3H3. The number of benzene rings is 1. The largest absolute Gasteiger partial charge is 0.329 e.